The smallest absolute Gasteiger partial charge is 0.173 e. The molecule has 1 fully saturated rings. The van der Waals surface area contributed by atoms with Crippen LogP contribution in [0.25, 0.3) is 10.7 Å². The van der Waals surface area contributed by atoms with Gasteiger partial charge in [-0.1, -0.05) is 0 Å². The molecule has 6 heteroatoms. The Labute approximate surface area is 126 Å². The Morgan fingerprint density at radius 3 is 2.67 bits per heavy atom. The molecule has 0 aromatic carbocycles. The zero-order valence-corrected chi connectivity index (χ0v) is 13.7. The first-order valence-corrected chi connectivity index (χ1v) is 8.16. The van der Waals surface area contributed by atoms with Crippen LogP contribution < -0.4 is 5.32 Å². The second kappa shape index (κ2) is 4.90. The molecule has 0 spiro atoms. The van der Waals surface area contributed by atoms with E-state index in [4.69, 9.17) is 4.98 Å². The number of nitrogens with one attached hydrogen (secondary N) is 1. The van der Waals surface area contributed by atoms with Crippen LogP contribution in [-0.2, 0) is 0 Å². The predicted octanol–water partition coefficient (Wildman–Crippen LogP) is 4.65. The lowest BCUT2D eigenvalue weighted by Gasteiger charge is -2.10. The molecular formula is C12H11Br2N3S. The number of anilines is 1. The fourth-order valence-corrected chi connectivity index (χ4v) is 3.99. The third kappa shape index (κ3) is 2.21. The maximum absolute atomic E-state index is 4.73. The molecule has 1 aliphatic rings. The molecule has 1 N–H and O–H groups in total. The van der Waals surface area contributed by atoms with E-state index in [1.54, 1.807) is 11.3 Å². The summed E-state index contributed by atoms with van der Waals surface area (Å²) in [6, 6.07) is 2.03. The van der Waals surface area contributed by atoms with Crippen molar-refractivity contribution in [1.29, 1.82) is 0 Å². The highest BCUT2D eigenvalue weighted by atomic mass is 79.9. The first-order valence-electron chi connectivity index (χ1n) is 5.69. The highest BCUT2D eigenvalue weighted by molar-refractivity contribution is 9.11. The molecule has 2 aromatic rings. The van der Waals surface area contributed by atoms with Crippen molar-refractivity contribution < 1.29 is 0 Å². The van der Waals surface area contributed by atoms with Crippen LogP contribution in [-0.4, -0.2) is 17.0 Å². The van der Waals surface area contributed by atoms with Crippen molar-refractivity contribution in [2.45, 2.75) is 18.8 Å². The highest BCUT2D eigenvalue weighted by Gasteiger charge is 2.29. The number of rotatable bonds is 3. The standard InChI is InChI=1S/C12H11Br2N3S/c1-15-11-8(14)9(6-2-3-6)16-12(17-11)10-7(13)4-5-18-10/h4-6H,2-3H2,1H3,(H,15,16,17). The van der Waals surface area contributed by atoms with E-state index in [1.165, 1.54) is 12.8 Å². The maximum atomic E-state index is 4.73. The average Bonchev–Trinajstić information content (AvgIpc) is 3.12. The average molecular weight is 389 g/mol. The minimum absolute atomic E-state index is 0.590. The Balaban J connectivity index is 2.15. The second-order valence-electron chi connectivity index (χ2n) is 4.22. The lowest BCUT2D eigenvalue weighted by atomic mass is 10.2. The van der Waals surface area contributed by atoms with Gasteiger partial charge in [0, 0.05) is 17.4 Å². The predicted molar refractivity (Wildman–Crippen MR) is 82.3 cm³/mol. The molecule has 3 rings (SSSR count). The summed E-state index contributed by atoms with van der Waals surface area (Å²) in [6.07, 6.45) is 2.45. The van der Waals surface area contributed by atoms with Crippen molar-refractivity contribution in [3.63, 3.8) is 0 Å². The first-order chi connectivity index (χ1) is 8.70. The Morgan fingerprint density at radius 2 is 2.11 bits per heavy atom. The van der Waals surface area contributed by atoms with Crippen LogP contribution in [0.15, 0.2) is 20.4 Å². The molecule has 0 radical (unpaired) electrons. The summed E-state index contributed by atoms with van der Waals surface area (Å²) < 4.78 is 2.06. The van der Waals surface area contributed by atoms with E-state index in [2.05, 4.69) is 42.2 Å². The monoisotopic (exact) mass is 387 g/mol. The molecule has 0 amide bonds. The van der Waals surface area contributed by atoms with Crippen LogP contribution in [0.4, 0.5) is 5.82 Å². The van der Waals surface area contributed by atoms with Gasteiger partial charge in [0.15, 0.2) is 5.82 Å². The number of aromatic nitrogens is 2. The van der Waals surface area contributed by atoms with Crippen LogP contribution in [0, 0.1) is 0 Å². The van der Waals surface area contributed by atoms with Crippen molar-refractivity contribution in [2.24, 2.45) is 0 Å². The van der Waals surface area contributed by atoms with E-state index in [0.29, 0.717) is 5.92 Å². The van der Waals surface area contributed by atoms with Crippen molar-refractivity contribution >= 4 is 49.0 Å². The zero-order chi connectivity index (χ0) is 12.7. The molecule has 2 aromatic heterocycles. The van der Waals surface area contributed by atoms with E-state index in [9.17, 15) is 0 Å². The van der Waals surface area contributed by atoms with E-state index in [1.807, 2.05) is 18.5 Å². The van der Waals surface area contributed by atoms with E-state index < -0.39 is 0 Å². The lowest BCUT2D eigenvalue weighted by molar-refractivity contribution is 0.982. The maximum Gasteiger partial charge on any atom is 0.173 e. The topological polar surface area (TPSA) is 37.8 Å². The van der Waals surface area contributed by atoms with Gasteiger partial charge in [-0.05, 0) is 56.1 Å². The summed E-state index contributed by atoms with van der Waals surface area (Å²) in [4.78, 5) is 10.4. The van der Waals surface area contributed by atoms with Crippen LogP contribution in [0.1, 0.15) is 24.5 Å². The summed E-state index contributed by atoms with van der Waals surface area (Å²) in [7, 11) is 1.89. The van der Waals surface area contributed by atoms with Crippen LogP contribution in [0.3, 0.4) is 0 Å². The van der Waals surface area contributed by atoms with E-state index in [-0.39, 0.29) is 0 Å². The van der Waals surface area contributed by atoms with Crippen molar-refractivity contribution in [2.75, 3.05) is 12.4 Å². The van der Waals surface area contributed by atoms with Gasteiger partial charge in [-0.3, -0.25) is 0 Å². The number of nitrogens with zero attached hydrogens (tertiary/aromatic N) is 2. The number of halogens is 2. The number of hydrogen-bond acceptors (Lipinski definition) is 4. The van der Waals surface area contributed by atoms with Gasteiger partial charge in [0.25, 0.3) is 0 Å². The summed E-state index contributed by atoms with van der Waals surface area (Å²) in [5.74, 6) is 2.25. The molecule has 1 aliphatic carbocycles. The van der Waals surface area contributed by atoms with Gasteiger partial charge in [0.05, 0.1) is 15.0 Å². The van der Waals surface area contributed by atoms with Crippen LogP contribution in [0.5, 0.6) is 0 Å². The van der Waals surface area contributed by atoms with Crippen LogP contribution in [0.2, 0.25) is 0 Å². The Morgan fingerprint density at radius 1 is 1.33 bits per heavy atom. The van der Waals surface area contributed by atoms with E-state index in [0.717, 1.165) is 31.2 Å². The van der Waals surface area contributed by atoms with Gasteiger partial charge in [-0.2, -0.15) is 0 Å². The SMILES string of the molecule is CNc1nc(-c2sccc2Br)nc(C2CC2)c1Br. The molecule has 1 saturated carbocycles. The highest BCUT2D eigenvalue weighted by Crippen LogP contribution is 2.45. The molecule has 0 bridgehead atoms. The normalized spacial score (nSPS) is 14.8. The Kier molecular flexibility index (Phi) is 3.42. The molecule has 0 saturated heterocycles. The largest absolute Gasteiger partial charge is 0.372 e. The fraction of sp³-hybridized carbons (Fsp3) is 0.333. The van der Waals surface area contributed by atoms with Gasteiger partial charge in [0.1, 0.15) is 5.82 Å². The van der Waals surface area contributed by atoms with Crippen molar-refractivity contribution in [3.05, 3.63) is 26.1 Å². The molecule has 94 valence electrons. The second-order valence-corrected chi connectivity index (χ2v) is 6.78. The van der Waals surface area contributed by atoms with Gasteiger partial charge in [-0.25, -0.2) is 9.97 Å². The van der Waals surface area contributed by atoms with Gasteiger partial charge in [0.2, 0.25) is 0 Å². The summed E-state index contributed by atoms with van der Waals surface area (Å²) in [6.45, 7) is 0. The van der Waals surface area contributed by atoms with Crippen molar-refractivity contribution in [1.82, 2.24) is 9.97 Å². The van der Waals surface area contributed by atoms with Gasteiger partial charge < -0.3 is 5.32 Å². The summed E-state index contributed by atoms with van der Waals surface area (Å²) in [5, 5.41) is 5.17. The van der Waals surface area contributed by atoms with Gasteiger partial charge >= 0.3 is 0 Å². The summed E-state index contributed by atoms with van der Waals surface area (Å²) in [5.41, 5.74) is 1.13. The third-order valence-electron chi connectivity index (χ3n) is 2.90. The minimum atomic E-state index is 0.590. The molecule has 18 heavy (non-hydrogen) atoms. The van der Waals surface area contributed by atoms with Crippen LogP contribution >= 0.6 is 43.2 Å². The Hall–Kier alpha value is -0.460. The minimum Gasteiger partial charge on any atom is -0.372 e. The summed E-state index contributed by atoms with van der Waals surface area (Å²) >= 11 is 8.80. The van der Waals surface area contributed by atoms with Gasteiger partial charge in [-0.15, -0.1) is 11.3 Å². The molecular weight excluding hydrogens is 378 g/mol. The molecule has 2 heterocycles. The molecule has 0 unspecified atom stereocenters. The van der Waals surface area contributed by atoms with Crippen molar-refractivity contribution in [3.8, 4) is 10.7 Å². The molecule has 3 nitrogen and oxygen atoms in total. The van der Waals surface area contributed by atoms with E-state index >= 15 is 0 Å². The molecule has 0 aliphatic heterocycles. The fourth-order valence-electron chi connectivity index (χ4n) is 1.81. The number of thiophene rings is 1. The quantitative estimate of drug-likeness (QED) is 0.831. The Bertz CT molecular complexity index is 593. The first kappa shape index (κ1) is 12.6. The number of hydrogen-bond donors (Lipinski definition) is 1. The molecule has 0 atom stereocenters. The third-order valence-corrected chi connectivity index (χ3v) is 5.51. The lowest BCUT2D eigenvalue weighted by Crippen LogP contribution is -2.02. The zero-order valence-electron chi connectivity index (χ0n) is 9.70.